The van der Waals surface area contributed by atoms with Crippen LogP contribution in [0.15, 0.2) is 22.8 Å². The molecule has 0 saturated heterocycles. The van der Waals surface area contributed by atoms with E-state index >= 15 is 0 Å². The number of hydroxylamine groups is 1. The van der Waals surface area contributed by atoms with Crippen LogP contribution in [0.4, 0.5) is 10.1 Å². The van der Waals surface area contributed by atoms with Crippen molar-refractivity contribution in [2.45, 2.75) is 6.54 Å². The highest BCUT2D eigenvalue weighted by Crippen LogP contribution is 2.23. The number of aromatic nitrogens is 2. The first-order valence-electron chi connectivity index (χ1n) is 5.89. The van der Waals surface area contributed by atoms with Gasteiger partial charge >= 0.3 is 0 Å². The Morgan fingerprint density at radius 2 is 2.14 bits per heavy atom. The van der Waals surface area contributed by atoms with E-state index in [1.165, 1.54) is 12.1 Å². The largest absolute Gasteiger partial charge is 0.303 e. The van der Waals surface area contributed by atoms with Gasteiger partial charge in [0.25, 0.3) is 0 Å². The lowest BCUT2D eigenvalue weighted by atomic mass is 10.2. The number of benzene rings is 1. The number of anilines is 1. The summed E-state index contributed by atoms with van der Waals surface area (Å²) < 4.78 is 17.7. The average molecular weight is 314 g/mol. The fraction of sp³-hybridized carbons (Fsp3) is 0.250. The molecular weight excluding hydrogens is 301 g/mol. The van der Waals surface area contributed by atoms with Gasteiger partial charge in [-0.25, -0.2) is 14.1 Å². The fourth-order valence-corrected chi connectivity index (χ4v) is 1.81. The summed E-state index contributed by atoms with van der Waals surface area (Å²) in [6, 6.07) is 3.58. The highest BCUT2D eigenvalue weighted by atomic mass is 35.5. The van der Waals surface area contributed by atoms with Crippen LogP contribution < -0.4 is 5.06 Å². The minimum absolute atomic E-state index is 0.0895. The summed E-state index contributed by atoms with van der Waals surface area (Å²) in [4.78, 5) is 1.81. The van der Waals surface area contributed by atoms with Crippen molar-refractivity contribution in [2.24, 2.45) is 0 Å². The van der Waals surface area contributed by atoms with Crippen molar-refractivity contribution in [1.29, 1.82) is 5.41 Å². The van der Waals surface area contributed by atoms with Crippen molar-refractivity contribution in [2.75, 3.05) is 19.2 Å². The lowest BCUT2D eigenvalue weighted by molar-refractivity contribution is 0.292. The third kappa shape index (κ3) is 3.35. The topological polar surface area (TPSA) is 89.5 Å². The molecule has 0 aliphatic carbocycles. The molecule has 112 valence electrons. The molecule has 0 spiro atoms. The monoisotopic (exact) mass is 313 g/mol. The van der Waals surface area contributed by atoms with Crippen LogP contribution in [0.3, 0.4) is 0 Å². The van der Waals surface area contributed by atoms with Gasteiger partial charge in [0.2, 0.25) is 0 Å². The van der Waals surface area contributed by atoms with Crippen molar-refractivity contribution in [3.63, 3.8) is 0 Å². The van der Waals surface area contributed by atoms with Crippen LogP contribution >= 0.6 is 11.6 Å². The minimum Gasteiger partial charge on any atom is -0.303 e. The maximum Gasteiger partial charge on any atom is 0.182 e. The van der Waals surface area contributed by atoms with Crippen molar-refractivity contribution < 1.29 is 14.2 Å². The second kappa shape index (κ2) is 6.17. The van der Waals surface area contributed by atoms with E-state index in [1.54, 1.807) is 0 Å². The van der Waals surface area contributed by atoms with Gasteiger partial charge in [-0.2, -0.15) is 0 Å². The number of halogens is 2. The summed E-state index contributed by atoms with van der Waals surface area (Å²) in [6.07, 6.45) is 0. The van der Waals surface area contributed by atoms with Gasteiger partial charge in [0.15, 0.2) is 11.5 Å². The summed E-state index contributed by atoms with van der Waals surface area (Å²) in [7, 11) is 3.64. The number of hydrogen-bond acceptors (Lipinski definition) is 6. The molecule has 2 rings (SSSR count). The first-order chi connectivity index (χ1) is 9.90. The van der Waals surface area contributed by atoms with Gasteiger partial charge in [-0.1, -0.05) is 16.8 Å². The van der Waals surface area contributed by atoms with E-state index in [1.807, 2.05) is 19.0 Å². The van der Waals surface area contributed by atoms with Gasteiger partial charge < -0.3 is 4.90 Å². The molecule has 21 heavy (non-hydrogen) atoms. The Kier molecular flexibility index (Phi) is 4.51. The van der Waals surface area contributed by atoms with Crippen molar-refractivity contribution in [1.82, 2.24) is 15.2 Å². The Morgan fingerprint density at radius 1 is 1.43 bits per heavy atom. The summed E-state index contributed by atoms with van der Waals surface area (Å²) in [6.45, 7) is 0.388. The molecule has 0 radical (unpaired) electrons. The molecule has 0 bridgehead atoms. The fourth-order valence-electron chi connectivity index (χ4n) is 1.64. The van der Waals surface area contributed by atoms with E-state index in [0.29, 0.717) is 17.3 Å². The first kappa shape index (κ1) is 15.4. The number of nitrogens with zero attached hydrogens (tertiary/aromatic N) is 4. The Labute approximate surface area is 125 Å². The predicted octanol–water partition coefficient (Wildman–Crippen LogP) is 2.14. The number of amidine groups is 1. The zero-order chi connectivity index (χ0) is 15.6. The molecule has 1 aromatic heterocycles. The third-order valence-electron chi connectivity index (χ3n) is 2.61. The molecule has 0 unspecified atom stereocenters. The normalized spacial score (nSPS) is 11.0. The minimum atomic E-state index is -0.614. The molecule has 0 fully saturated rings. The van der Waals surface area contributed by atoms with E-state index < -0.39 is 5.82 Å². The second-order valence-electron chi connectivity index (χ2n) is 4.56. The Bertz CT molecular complexity index is 661. The maximum atomic E-state index is 13.1. The molecule has 9 heteroatoms. The van der Waals surface area contributed by atoms with Crippen LogP contribution in [0.5, 0.6) is 0 Å². The smallest absolute Gasteiger partial charge is 0.182 e. The number of hydrogen-bond donors (Lipinski definition) is 2. The lowest BCUT2D eigenvalue weighted by Gasteiger charge is -2.17. The van der Waals surface area contributed by atoms with Crippen LogP contribution in [-0.2, 0) is 6.54 Å². The predicted molar refractivity (Wildman–Crippen MR) is 74.2 cm³/mol. The lowest BCUT2D eigenvalue weighted by Crippen LogP contribution is -2.29. The molecule has 0 aliphatic heterocycles. The molecule has 0 amide bonds. The first-order valence-corrected chi connectivity index (χ1v) is 6.27. The Hall–Kier alpha value is -2.03. The molecule has 2 N–H and O–H groups in total. The molecule has 1 aromatic carbocycles. The Balaban J connectivity index is 2.27. The summed E-state index contributed by atoms with van der Waals surface area (Å²) in [5, 5.41) is 25.7. The van der Waals surface area contributed by atoms with Gasteiger partial charge in [-0.3, -0.25) is 10.6 Å². The molecule has 1 heterocycles. The molecule has 0 saturated carbocycles. The van der Waals surface area contributed by atoms with Crippen LogP contribution in [0.1, 0.15) is 11.4 Å². The van der Waals surface area contributed by atoms with E-state index in [2.05, 4.69) is 14.9 Å². The van der Waals surface area contributed by atoms with Gasteiger partial charge in [-0.05, 0) is 37.5 Å². The van der Waals surface area contributed by atoms with Gasteiger partial charge in [0.1, 0.15) is 11.5 Å². The van der Waals surface area contributed by atoms with E-state index in [4.69, 9.17) is 17.0 Å². The van der Waals surface area contributed by atoms with Gasteiger partial charge in [-0.15, -0.1) is 0 Å². The summed E-state index contributed by atoms with van der Waals surface area (Å²) in [5.74, 6) is -0.965. The molecular formula is C12H13ClFN5O2. The van der Waals surface area contributed by atoms with Crippen molar-refractivity contribution >= 4 is 23.1 Å². The summed E-state index contributed by atoms with van der Waals surface area (Å²) in [5.41, 5.74) is 0.620. The van der Waals surface area contributed by atoms with E-state index in [0.717, 1.165) is 6.07 Å². The average Bonchev–Trinajstić information content (AvgIpc) is 2.87. The zero-order valence-corrected chi connectivity index (χ0v) is 12.1. The second-order valence-corrected chi connectivity index (χ2v) is 4.96. The van der Waals surface area contributed by atoms with Crippen LogP contribution in [0, 0.1) is 11.2 Å². The van der Waals surface area contributed by atoms with E-state index in [9.17, 15) is 9.60 Å². The van der Waals surface area contributed by atoms with Crippen molar-refractivity contribution in [3.05, 3.63) is 40.4 Å². The molecule has 0 aliphatic rings. The molecule has 0 atom stereocenters. The van der Waals surface area contributed by atoms with Crippen molar-refractivity contribution in [3.8, 4) is 0 Å². The van der Waals surface area contributed by atoms with Crippen LogP contribution in [-0.4, -0.2) is 40.4 Å². The zero-order valence-electron chi connectivity index (χ0n) is 11.3. The SMILES string of the molecule is CN(C)Cc1nonc1C(=N)N(O)c1ccc(F)c(Cl)c1. The summed E-state index contributed by atoms with van der Waals surface area (Å²) >= 11 is 5.65. The van der Waals surface area contributed by atoms with Gasteiger partial charge in [0.05, 0.1) is 10.7 Å². The quantitative estimate of drug-likeness (QED) is 0.511. The number of nitrogens with one attached hydrogen (secondary N) is 1. The molecule has 2 aromatic rings. The number of rotatable bonds is 4. The standard InChI is InChI=1S/C12H13ClFN5O2/c1-18(2)6-10-11(17-21-16-10)12(15)19(20)7-3-4-9(14)8(13)5-7/h3-5,15,20H,6H2,1-2H3. The van der Waals surface area contributed by atoms with Crippen LogP contribution in [0.25, 0.3) is 0 Å². The van der Waals surface area contributed by atoms with Gasteiger partial charge in [0, 0.05) is 6.54 Å². The molecule has 7 nitrogen and oxygen atoms in total. The highest BCUT2D eigenvalue weighted by Gasteiger charge is 2.21. The third-order valence-corrected chi connectivity index (χ3v) is 2.90. The Morgan fingerprint density at radius 3 is 2.76 bits per heavy atom. The maximum absolute atomic E-state index is 13.1. The highest BCUT2D eigenvalue weighted by molar-refractivity contribution is 6.31. The van der Waals surface area contributed by atoms with Crippen LogP contribution in [0.2, 0.25) is 5.02 Å². The van der Waals surface area contributed by atoms with E-state index in [-0.39, 0.29) is 22.2 Å².